The molecule has 1 aromatic carbocycles. The van der Waals surface area contributed by atoms with Crippen molar-refractivity contribution in [1.82, 2.24) is 9.97 Å². The molecular weight excluding hydrogens is 242 g/mol. The van der Waals surface area contributed by atoms with Gasteiger partial charge in [0, 0.05) is 40.4 Å². The average Bonchev–Trinajstić information content (AvgIpc) is 2.45. The molecule has 0 radical (unpaired) electrons. The molecule has 3 nitrogen and oxygen atoms in total. The molecule has 0 spiro atoms. The number of hydrogen-bond acceptors (Lipinski definition) is 4. The summed E-state index contributed by atoms with van der Waals surface area (Å²) >= 11 is 1.77. The molecule has 3 rings (SSSR count). The van der Waals surface area contributed by atoms with Crippen LogP contribution in [0.3, 0.4) is 0 Å². The van der Waals surface area contributed by atoms with Gasteiger partial charge in [0.25, 0.3) is 0 Å². The highest BCUT2D eigenvalue weighted by Gasteiger charge is 2.07. The highest BCUT2D eigenvalue weighted by atomic mass is 32.2. The molecule has 0 unspecified atom stereocenters. The molecule has 0 saturated carbocycles. The van der Waals surface area contributed by atoms with E-state index in [1.54, 1.807) is 11.8 Å². The summed E-state index contributed by atoms with van der Waals surface area (Å²) in [5, 5.41) is 2.28. The molecule has 0 aliphatic carbocycles. The Kier molecular flexibility index (Phi) is 3.13. The van der Waals surface area contributed by atoms with Crippen LogP contribution in [0.5, 0.6) is 0 Å². The van der Waals surface area contributed by atoms with Crippen LogP contribution >= 0.6 is 11.8 Å². The van der Waals surface area contributed by atoms with Crippen molar-refractivity contribution >= 4 is 33.6 Å². The number of aromatic nitrogens is 2. The molecule has 4 heteroatoms. The van der Waals surface area contributed by atoms with Crippen LogP contribution < -0.4 is 5.73 Å². The molecule has 0 atom stereocenters. The Morgan fingerprint density at radius 1 is 1.06 bits per heavy atom. The van der Waals surface area contributed by atoms with Crippen LogP contribution in [0.2, 0.25) is 0 Å². The van der Waals surface area contributed by atoms with Gasteiger partial charge in [-0.05, 0) is 18.2 Å². The molecule has 0 aliphatic heterocycles. The lowest BCUT2D eigenvalue weighted by molar-refractivity contribution is 1.15. The number of hydrogen-bond donors (Lipinski definition) is 1. The van der Waals surface area contributed by atoms with Crippen LogP contribution in [0.1, 0.15) is 0 Å². The van der Waals surface area contributed by atoms with Crippen molar-refractivity contribution < 1.29 is 0 Å². The van der Waals surface area contributed by atoms with Gasteiger partial charge in [-0.3, -0.25) is 9.97 Å². The first kappa shape index (κ1) is 11.4. The summed E-state index contributed by atoms with van der Waals surface area (Å²) in [6.45, 7) is 0.678. The fourth-order valence-corrected chi connectivity index (χ4v) is 2.90. The van der Waals surface area contributed by atoms with E-state index in [2.05, 4.69) is 28.2 Å². The van der Waals surface area contributed by atoms with Gasteiger partial charge in [0.05, 0.1) is 11.0 Å². The third kappa shape index (κ3) is 1.94. The highest BCUT2D eigenvalue weighted by molar-refractivity contribution is 7.99. The summed E-state index contributed by atoms with van der Waals surface area (Å²) in [5.41, 5.74) is 7.52. The monoisotopic (exact) mass is 255 g/mol. The molecule has 0 saturated heterocycles. The summed E-state index contributed by atoms with van der Waals surface area (Å²) in [5.74, 6) is 0.912. The predicted molar refractivity (Wildman–Crippen MR) is 76.8 cm³/mol. The van der Waals surface area contributed by atoms with E-state index < -0.39 is 0 Å². The maximum atomic E-state index is 5.58. The van der Waals surface area contributed by atoms with Crippen molar-refractivity contribution in [2.75, 3.05) is 12.3 Å². The maximum Gasteiger partial charge on any atom is 0.0975 e. The van der Waals surface area contributed by atoms with E-state index in [0.29, 0.717) is 6.54 Å². The Hall–Kier alpha value is -1.65. The summed E-state index contributed by atoms with van der Waals surface area (Å²) in [6, 6.07) is 10.3. The van der Waals surface area contributed by atoms with Crippen molar-refractivity contribution in [3.8, 4) is 0 Å². The SMILES string of the molecule is NCCSc1cc2cccnc2c2ncccc12. The molecule has 0 fully saturated rings. The number of benzene rings is 1. The smallest absolute Gasteiger partial charge is 0.0975 e. The van der Waals surface area contributed by atoms with E-state index in [4.69, 9.17) is 5.73 Å². The fraction of sp³-hybridized carbons (Fsp3) is 0.143. The van der Waals surface area contributed by atoms with E-state index >= 15 is 0 Å². The van der Waals surface area contributed by atoms with E-state index in [0.717, 1.165) is 27.6 Å². The van der Waals surface area contributed by atoms with Crippen molar-refractivity contribution in [3.05, 3.63) is 42.7 Å². The van der Waals surface area contributed by atoms with Crippen LogP contribution in [0, 0.1) is 0 Å². The minimum absolute atomic E-state index is 0.678. The Morgan fingerprint density at radius 2 is 1.83 bits per heavy atom. The molecule has 2 N–H and O–H groups in total. The first-order valence-electron chi connectivity index (χ1n) is 5.85. The van der Waals surface area contributed by atoms with Crippen molar-refractivity contribution in [3.63, 3.8) is 0 Å². The normalized spacial score (nSPS) is 11.2. The van der Waals surface area contributed by atoms with Gasteiger partial charge in [0.15, 0.2) is 0 Å². The Bertz CT molecular complexity index is 697. The minimum Gasteiger partial charge on any atom is -0.330 e. The predicted octanol–water partition coefficient (Wildman–Crippen LogP) is 2.83. The fourth-order valence-electron chi connectivity index (χ4n) is 2.03. The Morgan fingerprint density at radius 3 is 2.67 bits per heavy atom. The van der Waals surface area contributed by atoms with Crippen molar-refractivity contribution in [1.29, 1.82) is 0 Å². The number of rotatable bonds is 3. The van der Waals surface area contributed by atoms with Crippen molar-refractivity contribution in [2.45, 2.75) is 4.90 Å². The zero-order valence-corrected chi connectivity index (χ0v) is 10.7. The molecule has 0 bridgehead atoms. The number of nitrogens with zero attached hydrogens (tertiary/aromatic N) is 2. The van der Waals surface area contributed by atoms with Gasteiger partial charge in [-0.25, -0.2) is 0 Å². The van der Waals surface area contributed by atoms with Gasteiger partial charge in [0.2, 0.25) is 0 Å². The van der Waals surface area contributed by atoms with Gasteiger partial charge in [0.1, 0.15) is 0 Å². The molecule has 0 amide bonds. The van der Waals surface area contributed by atoms with E-state index in [-0.39, 0.29) is 0 Å². The van der Waals surface area contributed by atoms with Gasteiger partial charge < -0.3 is 5.73 Å². The lowest BCUT2D eigenvalue weighted by Crippen LogP contribution is -2.01. The topological polar surface area (TPSA) is 51.8 Å². The largest absolute Gasteiger partial charge is 0.330 e. The lowest BCUT2D eigenvalue weighted by Gasteiger charge is -2.08. The molecule has 3 aromatic rings. The summed E-state index contributed by atoms with van der Waals surface area (Å²) in [7, 11) is 0. The maximum absolute atomic E-state index is 5.58. The summed E-state index contributed by atoms with van der Waals surface area (Å²) in [4.78, 5) is 10.1. The average molecular weight is 255 g/mol. The summed E-state index contributed by atoms with van der Waals surface area (Å²) < 4.78 is 0. The number of pyridine rings is 2. The second-order valence-electron chi connectivity index (χ2n) is 3.99. The van der Waals surface area contributed by atoms with Gasteiger partial charge in [-0.1, -0.05) is 12.1 Å². The first-order valence-corrected chi connectivity index (χ1v) is 6.84. The van der Waals surface area contributed by atoms with Crippen LogP contribution in [0.25, 0.3) is 21.8 Å². The highest BCUT2D eigenvalue weighted by Crippen LogP contribution is 2.31. The molecule has 90 valence electrons. The standard InChI is InChI=1S/C14H13N3S/c15-5-8-18-12-9-10-3-1-6-16-13(10)14-11(12)4-2-7-17-14/h1-4,6-7,9H,5,8,15H2. The summed E-state index contributed by atoms with van der Waals surface area (Å²) in [6.07, 6.45) is 3.62. The third-order valence-electron chi connectivity index (χ3n) is 2.80. The van der Waals surface area contributed by atoms with Gasteiger partial charge in [-0.2, -0.15) is 0 Å². The van der Waals surface area contributed by atoms with E-state index in [1.807, 2.05) is 24.5 Å². The zero-order chi connectivity index (χ0) is 12.4. The van der Waals surface area contributed by atoms with Crippen LogP contribution in [0.15, 0.2) is 47.6 Å². The van der Waals surface area contributed by atoms with Crippen LogP contribution in [-0.2, 0) is 0 Å². The molecule has 0 aliphatic rings. The molecular formula is C14H13N3S. The van der Waals surface area contributed by atoms with Crippen molar-refractivity contribution in [2.24, 2.45) is 5.73 Å². The van der Waals surface area contributed by atoms with Crippen LogP contribution in [-0.4, -0.2) is 22.3 Å². The lowest BCUT2D eigenvalue weighted by atomic mass is 10.1. The molecule has 2 heterocycles. The van der Waals surface area contributed by atoms with Crippen LogP contribution in [0.4, 0.5) is 0 Å². The third-order valence-corrected chi connectivity index (χ3v) is 3.89. The zero-order valence-electron chi connectivity index (χ0n) is 9.84. The first-order chi connectivity index (χ1) is 8.90. The van der Waals surface area contributed by atoms with Gasteiger partial charge in [-0.15, -0.1) is 11.8 Å². The minimum atomic E-state index is 0.678. The molecule has 2 aromatic heterocycles. The molecule has 18 heavy (non-hydrogen) atoms. The Labute approximate surface area is 109 Å². The second-order valence-corrected chi connectivity index (χ2v) is 5.12. The van der Waals surface area contributed by atoms with Gasteiger partial charge >= 0.3 is 0 Å². The number of nitrogens with two attached hydrogens (primary N) is 1. The Balaban J connectivity index is 2.32. The van der Waals surface area contributed by atoms with E-state index in [1.165, 1.54) is 4.90 Å². The number of thioether (sulfide) groups is 1. The quantitative estimate of drug-likeness (QED) is 0.577. The van der Waals surface area contributed by atoms with E-state index in [9.17, 15) is 0 Å². The second kappa shape index (κ2) is 4.92. The number of fused-ring (bicyclic) bond motifs is 3.